The van der Waals surface area contributed by atoms with Crippen molar-refractivity contribution >= 4 is 21.8 Å². The summed E-state index contributed by atoms with van der Waals surface area (Å²) in [6.07, 6.45) is 1.56. The highest BCUT2D eigenvalue weighted by Crippen LogP contribution is 2.09. The first-order chi connectivity index (χ1) is 6.57. The summed E-state index contributed by atoms with van der Waals surface area (Å²) in [7, 11) is 1.79. The van der Waals surface area contributed by atoms with Gasteiger partial charge in [-0.25, -0.2) is 0 Å². The van der Waals surface area contributed by atoms with Crippen LogP contribution in [0.3, 0.4) is 0 Å². The lowest BCUT2D eigenvalue weighted by molar-refractivity contribution is 0.0757. The Kier molecular flexibility index (Phi) is 3.69. The fourth-order valence-electron chi connectivity index (χ4n) is 1.06. The summed E-state index contributed by atoms with van der Waals surface area (Å²) in [6, 6.07) is 0.178. The maximum absolute atomic E-state index is 11.9. The molecule has 0 bridgehead atoms. The molecule has 1 aromatic heterocycles. The van der Waals surface area contributed by atoms with Crippen molar-refractivity contribution < 1.29 is 4.79 Å². The zero-order valence-electron chi connectivity index (χ0n) is 8.54. The lowest BCUT2D eigenvalue weighted by Gasteiger charge is -2.22. The standard InChI is InChI=1S/C9H14BrN3O/c1-6(4-10)13(3)9(14)8-5-11-12-7(8)2/h5-6H,4H2,1-3H3,(H,11,12). The van der Waals surface area contributed by atoms with Crippen molar-refractivity contribution in [3.05, 3.63) is 17.5 Å². The average Bonchev–Trinajstić information content (AvgIpc) is 2.61. The third kappa shape index (κ3) is 2.15. The number of aryl methyl sites for hydroxylation is 1. The molecule has 0 fully saturated rings. The SMILES string of the molecule is Cc1[nH]ncc1C(=O)N(C)C(C)CBr. The number of carbonyl (C=O) groups excluding carboxylic acids is 1. The van der Waals surface area contributed by atoms with E-state index in [0.717, 1.165) is 11.0 Å². The third-order valence-electron chi connectivity index (χ3n) is 2.27. The number of carbonyl (C=O) groups is 1. The monoisotopic (exact) mass is 259 g/mol. The molecule has 78 valence electrons. The van der Waals surface area contributed by atoms with Crippen LogP contribution >= 0.6 is 15.9 Å². The van der Waals surface area contributed by atoms with Gasteiger partial charge in [-0.3, -0.25) is 9.89 Å². The van der Waals surface area contributed by atoms with Gasteiger partial charge in [0.05, 0.1) is 11.8 Å². The van der Waals surface area contributed by atoms with Gasteiger partial charge in [-0.2, -0.15) is 5.10 Å². The van der Waals surface area contributed by atoms with Gasteiger partial charge in [-0.1, -0.05) is 15.9 Å². The molecular formula is C9H14BrN3O. The molecule has 0 saturated carbocycles. The van der Waals surface area contributed by atoms with Gasteiger partial charge < -0.3 is 4.90 Å². The quantitative estimate of drug-likeness (QED) is 0.839. The smallest absolute Gasteiger partial charge is 0.257 e. The van der Waals surface area contributed by atoms with Crippen LogP contribution in [-0.2, 0) is 0 Å². The van der Waals surface area contributed by atoms with Crippen LogP contribution < -0.4 is 0 Å². The van der Waals surface area contributed by atoms with E-state index in [1.54, 1.807) is 18.1 Å². The topological polar surface area (TPSA) is 49.0 Å². The van der Waals surface area contributed by atoms with Gasteiger partial charge in [0.2, 0.25) is 0 Å². The van der Waals surface area contributed by atoms with E-state index in [0.29, 0.717) is 5.56 Å². The summed E-state index contributed by atoms with van der Waals surface area (Å²) in [6.45, 7) is 3.83. The highest BCUT2D eigenvalue weighted by atomic mass is 79.9. The molecular weight excluding hydrogens is 246 g/mol. The second-order valence-electron chi connectivity index (χ2n) is 3.33. The van der Waals surface area contributed by atoms with Crippen LogP contribution in [0.2, 0.25) is 0 Å². The van der Waals surface area contributed by atoms with Crippen LogP contribution in [0.5, 0.6) is 0 Å². The van der Waals surface area contributed by atoms with Crippen molar-refractivity contribution in [1.29, 1.82) is 0 Å². The molecule has 0 aromatic carbocycles. The minimum Gasteiger partial charge on any atom is -0.338 e. The van der Waals surface area contributed by atoms with Gasteiger partial charge in [0.1, 0.15) is 0 Å². The van der Waals surface area contributed by atoms with E-state index in [1.807, 2.05) is 13.8 Å². The van der Waals surface area contributed by atoms with Gasteiger partial charge in [-0.15, -0.1) is 0 Å². The number of rotatable bonds is 3. The average molecular weight is 260 g/mol. The molecule has 0 aliphatic carbocycles. The Morgan fingerprint density at radius 2 is 2.43 bits per heavy atom. The summed E-state index contributed by atoms with van der Waals surface area (Å²) < 4.78 is 0. The molecule has 0 radical (unpaired) electrons. The number of amides is 1. The van der Waals surface area contributed by atoms with Crippen molar-refractivity contribution in [3.8, 4) is 0 Å². The molecule has 0 saturated heterocycles. The summed E-state index contributed by atoms with van der Waals surface area (Å²) in [5.74, 6) is 0.00296. The highest BCUT2D eigenvalue weighted by molar-refractivity contribution is 9.09. The number of hydrogen-bond donors (Lipinski definition) is 1. The minimum atomic E-state index is 0.00296. The Bertz CT molecular complexity index is 324. The molecule has 1 heterocycles. The number of nitrogens with zero attached hydrogens (tertiary/aromatic N) is 2. The van der Waals surface area contributed by atoms with Crippen LogP contribution in [0.4, 0.5) is 0 Å². The Morgan fingerprint density at radius 3 is 2.86 bits per heavy atom. The van der Waals surface area contributed by atoms with Gasteiger partial charge in [-0.05, 0) is 13.8 Å². The number of alkyl halides is 1. The van der Waals surface area contributed by atoms with E-state index in [2.05, 4.69) is 26.1 Å². The van der Waals surface area contributed by atoms with Gasteiger partial charge in [0.15, 0.2) is 0 Å². The molecule has 1 unspecified atom stereocenters. The molecule has 1 rings (SSSR count). The molecule has 1 N–H and O–H groups in total. The van der Waals surface area contributed by atoms with Gasteiger partial charge >= 0.3 is 0 Å². The fraction of sp³-hybridized carbons (Fsp3) is 0.556. The molecule has 1 atom stereocenters. The second kappa shape index (κ2) is 4.59. The Morgan fingerprint density at radius 1 is 1.79 bits per heavy atom. The van der Waals surface area contributed by atoms with E-state index in [-0.39, 0.29) is 11.9 Å². The largest absolute Gasteiger partial charge is 0.338 e. The molecule has 0 spiro atoms. The Balaban J connectivity index is 2.81. The molecule has 14 heavy (non-hydrogen) atoms. The van der Waals surface area contributed by atoms with Crippen molar-refractivity contribution in [3.63, 3.8) is 0 Å². The maximum atomic E-state index is 11.9. The first-order valence-electron chi connectivity index (χ1n) is 4.41. The second-order valence-corrected chi connectivity index (χ2v) is 3.98. The lowest BCUT2D eigenvalue weighted by atomic mass is 10.2. The number of aromatic nitrogens is 2. The highest BCUT2D eigenvalue weighted by Gasteiger charge is 2.19. The minimum absolute atomic E-state index is 0.00296. The van der Waals surface area contributed by atoms with E-state index in [4.69, 9.17) is 0 Å². The summed E-state index contributed by atoms with van der Waals surface area (Å²) in [5, 5.41) is 7.35. The summed E-state index contributed by atoms with van der Waals surface area (Å²) in [5.41, 5.74) is 1.45. The Hall–Kier alpha value is -0.840. The van der Waals surface area contributed by atoms with Crippen molar-refractivity contribution in [2.75, 3.05) is 12.4 Å². The molecule has 0 aliphatic rings. The van der Waals surface area contributed by atoms with E-state index in [9.17, 15) is 4.79 Å². The van der Waals surface area contributed by atoms with Crippen LogP contribution in [0, 0.1) is 6.92 Å². The van der Waals surface area contributed by atoms with Crippen molar-refractivity contribution in [1.82, 2.24) is 15.1 Å². The van der Waals surface area contributed by atoms with Crippen LogP contribution in [0.15, 0.2) is 6.20 Å². The molecule has 1 amide bonds. The zero-order chi connectivity index (χ0) is 10.7. The van der Waals surface area contributed by atoms with Crippen molar-refractivity contribution in [2.24, 2.45) is 0 Å². The number of halogens is 1. The summed E-state index contributed by atoms with van der Waals surface area (Å²) >= 11 is 3.35. The molecule has 5 heteroatoms. The van der Waals surface area contributed by atoms with Gasteiger partial charge in [0.25, 0.3) is 5.91 Å². The number of hydrogen-bond acceptors (Lipinski definition) is 2. The fourth-order valence-corrected chi connectivity index (χ4v) is 1.49. The first kappa shape index (κ1) is 11.2. The third-order valence-corrected chi connectivity index (χ3v) is 3.20. The normalized spacial score (nSPS) is 12.6. The van der Waals surface area contributed by atoms with Gasteiger partial charge in [0, 0.05) is 24.1 Å². The van der Waals surface area contributed by atoms with Crippen LogP contribution in [0.25, 0.3) is 0 Å². The molecule has 0 aliphatic heterocycles. The first-order valence-corrected chi connectivity index (χ1v) is 5.53. The predicted molar refractivity (Wildman–Crippen MR) is 58.7 cm³/mol. The number of nitrogens with one attached hydrogen (secondary N) is 1. The molecule has 4 nitrogen and oxygen atoms in total. The summed E-state index contributed by atoms with van der Waals surface area (Å²) in [4.78, 5) is 13.6. The van der Waals surface area contributed by atoms with E-state index >= 15 is 0 Å². The number of aromatic amines is 1. The molecule has 1 aromatic rings. The predicted octanol–water partition coefficient (Wildman–Crippen LogP) is 1.57. The van der Waals surface area contributed by atoms with Crippen LogP contribution in [0.1, 0.15) is 23.0 Å². The van der Waals surface area contributed by atoms with Crippen molar-refractivity contribution in [2.45, 2.75) is 19.9 Å². The van der Waals surface area contributed by atoms with E-state index in [1.165, 1.54) is 0 Å². The van der Waals surface area contributed by atoms with Crippen LogP contribution in [-0.4, -0.2) is 39.4 Å². The van der Waals surface area contributed by atoms with E-state index < -0.39 is 0 Å². The lowest BCUT2D eigenvalue weighted by Crippen LogP contribution is -2.36. The number of H-pyrrole nitrogens is 1. The zero-order valence-corrected chi connectivity index (χ0v) is 10.1. The maximum Gasteiger partial charge on any atom is 0.257 e. The Labute approximate surface area is 91.8 Å².